The third-order valence-corrected chi connectivity index (χ3v) is 4.70. The average Bonchev–Trinajstić information content (AvgIpc) is 2.92. The zero-order valence-corrected chi connectivity index (χ0v) is 13.6. The maximum atomic E-state index is 4.70. The molecule has 0 aliphatic carbocycles. The van der Waals surface area contributed by atoms with E-state index in [0.29, 0.717) is 0 Å². The van der Waals surface area contributed by atoms with Crippen LogP contribution in [0.5, 0.6) is 0 Å². The molecule has 2 aliphatic heterocycles. The second-order valence-electron chi connectivity index (χ2n) is 6.47. The number of likely N-dealkylation sites (tertiary alicyclic amines) is 1. The number of hydrogen-bond acceptors (Lipinski definition) is 5. The van der Waals surface area contributed by atoms with Crippen LogP contribution < -0.4 is 10.2 Å². The van der Waals surface area contributed by atoms with Crippen LogP contribution in [-0.4, -0.2) is 54.1 Å². The average molecular weight is 303 g/mol. The van der Waals surface area contributed by atoms with E-state index >= 15 is 0 Å². The van der Waals surface area contributed by atoms with Gasteiger partial charge in [0.05, 0.1) is 0 Å². The molecule has 0 atom stereocenters. The van der Waals surface area contributed by atoms with E-state index in [1.54, 1.807) is 0 Å². The van der Waals surface area contributed by atoms with Crippen molar-refractivity contribution in [2.45, 2.75) is 44.9 Å². The molecule has 2 fully saturated rings. The molecule has 122 valence electrons. The molecule has 0 radical (unpaired) electrons. The summed E-state index contributed by atoms with van der Waals surface area (Å²) in [4.78, 5) is 14.0. The van der Waals surface area contributed by atoms with E-state index in [1.807, 2.05) is 12.3 Å². The molecule has 3 heterocycles. The largest absolute Gasteiger partial charge is 0.356 e. The Labute approximate surface area is 134 Å². The number of anilines is 2. The predicted octanol–water partition coefficient (Wildman–Crippen LogP) is 2.75. The number of rotatable bonds is 6. The van der Waals surface area contributed by atoms with E-state index in [-0.39, 0.29) is 0 Å². The second-order valence-corrected chi connectivity index (χ2v) is 6.47. The van der Waals surface area contributed by atoms with Gasteiger partial charge in [0, 0.05) is 25.8 Å². The molecule has 1 aromatic rings. The molecule has 2 saturated heterocycles. The monoisotopic (exact) mass is 303 g/mol. The van der Waals surface area contributed by atoms with Crippen LogP contribution in [0.1, 0.15) is 44.9 Å². The summed E-state index contributed by atoms with van der Waals surface area (Å²) in [6.07, 6.45) is 11.0. The van der Waals surface area contributed by atoms with Crippen LogP contribution in [0.3, 0.4) is 0 Å². The van der Waals surface area contributed by atoms with Crippen molar-refractivity contribution in [2.75, 3.05) is 49.5 Å². The van der Waals surface area contributed by atoms with Crippen LogP contribution in [0.25, 0.3) is 0 Å². The molecule has 2 aliphatic rings. The lowest BCUT2D eigenvalue weighted by Gasteiger charge is -2.21. The molecule has 22 heavy (non-hydrogen) atoms. The lowest BCUT2D eigenvalue weighted by molar-refractivity contribution is 0.337. The Kier molecular flexibility index (Phi) is 5.87. The number of aromatic nitrogens is 2. The van der Waals surface area contributed by atoms with Gasteiger partial charge in [-0.3, -0.25) is 0 Å². The van der Waals surface area contributed by atoms with Crippen molar-refractivity contribution in [1.82, 2.24) is 14.9 Å². The van der Waals surface area contributed by atoms with Crippen LogP contribution in [-0.2, 0) is 0 Å². The molecule has 5 heteroatoms. The van der Waals surface area contributed by atoms with Gasteiger partial charge in [0.2, 0.25) is 5.95 Å². The van der Waals surface area contributed by atoms with Crippen LogP contribution >= 0.6 is 0 Å². The van der Waals surface area contributed by atoms with Crippen LogP contribution in [0.2, 0.25) is 0 Å². The summed E-state index contributed by atoms with van der Waals surface area (Å²) in [6.45, 7) is 6.97. The first-order chi connectivity index (χ1) is 10.9. The van der Waals surface area contributed by atoms with E-state index < -0.39 is 0 Å². The molecule has 0 unspecified atom stereocenters. The minimum Gasteiger partial charge on any atom is -0.356 e. The maximum absolute atomic E-state index is 4.70. The zero-order chi connectivity index (χ0) is 15.0. The second kappa shape index (κ2) is 8.32. The van der Waals surface area contributed by atoms with E-state index in [2.05, 4.69) is 20.1 Å². The summed E-state index contributed by atoms with van der Waals surface area (Å²) in [5, 5.41) is 3.39. The first-order valence-electron chi connectivity index (χ1n) is 8.96. The Hall–Kier alpha value is -1.36. The molecule has 0 bridgehead atoms. The van der Waals surface area contributed by atoms with Gasteiger partial charge >= 0.3 is 0 Å². The fraction of sp³-hybridized carbons (Fsp3) is 0.765. The summed E-state index contributed by atoms with van der Waals surface area (Å²) in [5.74, 6) is 1.86. The van der Waals surface area contributed by atoms with E-state index in [9.17, 15) is 0 Å². The van der Waals surface area contributed by atoms with Crippen molar-refractivity contribution >= 4 is 11.8 Å². The summed E-state index contributed by atoms with van der Waals surface area (Å²) in [6, 6.07) is 2.04. The Balaban J connectivity index is 1.45. The van der Waals surface area contributed by atoms with Gasteiger partial charge in [-0.1, -0.05) is 12.8 Å². The SMILES string of the molecule is c1cc(N2CCCCCC2)nc(NCCCN2CCCC2)n1. The fourth-order valence-electron chi connectivity index (χ4n) is 3.42. The lowest BCUT2D eigenvalue weighted by atomic mass is 10.2. The Morgan fingerprint density at radius 1 is 0.955 bits per heavy atom. The van der Waals surface area contributed by atoms with Gasteiger partial charge in [-0.2, -0.15) is 4.98 Å². The van der Waals surface area contributed by atoms with Gasteiger partial charge in [-0.25, -0.2) is 4.98 Å². The molecule has 0 saturated carbocycles. The lowest BCUT2D eigenvalue weighted by Crippen LogP contribution is -2.25. The quantitative estimate of drug-likeness (QED) is 0.819. The fourth-order valence-corrected chi connectivity index (χ4v) is 3.42. The van der Waals surface area contributed by atoms with Crippen molar-refractivity contribution in [3.05, 3.63) is 12.3 Å². The Bertz CT molecular complexity index is 436. The molecule has 3 rings (SSSR count). The van der Waals surface area contributed by atoms with Crippen molar-refractivity contribution in [2.24, 2.45) is 0 Å². The molecule has 5 nitrogen and oxygen atoms in total. The van der Waals surface area contributed by atoms with Crippen LogP contribution in [0.15, 0.2) is 12.3 Å². The number of hydrogen-bond donors (Lipinski definition) is 1. The van der Waals surface area contributed by atoms with Crippen molar-refractivity contribution in [1.29, 1.82) is 0 Å². The van der Waals surface area contributed by atoms with E-state index in [1.165, 1.54) is 58.2 Å². The highest BCUT2D eigenvalue weighted by molar-refractivity contribution is 5.42. The van der Waals surface area contributed by atoms with E-state index in [4.69, 9.17) is 4.98 Å². The summed E-state index contributed by atoms with van der Waals surface area (Å²) in [7, 11) is 0. The van der Waals surface area contributed by atoms with Crippen LogP contribution in [0, 0.1) is 0 Å². The zero-order valence-electron chi connectivity index (χ0n) is 13.6. The summed E-state index contributed by atoms with van der Waals surface area (Å²) < 4.78 is 0. The highest BCUT2D eigenvalue weighted by Crippen LogP contribution is 2.17. The normalized spacial score (nSPS) is 20.1. The van der Waals surface area contributed by atoms with Gasteiger partial charge in [0.15, 0.2) is 0 Å². The third-order valence-electron chi connectivity index (χ3n) is 4.70. The standard InChI is InChI=1S/C17H29N5/c1-2-4-15-22(14-3-1)16-8-10-19-17(20-16)18-9-7-13-21-11-5-6-12-21/h8,10H,1-7,9,11-15H2,(H,18,19,20). The highest BCUT2D eigenvalue weighted by atomic mass is 15.2. The first-order valence-corrected chi connectivity index (χ1v) is 8.96. The van der Waals surface area contributed by atoms with Gasteiger partial charge in [-0.15, -0.1) is 0 Å². The third kappa shape index (κ3) is 4.57. The maximum Gasteiger partial charge on any atom is 0.224 e. The molecule has 0 spiro atoms. The predicted molar refractivity (Wildman–Crippen MR) is 91.5 cm³/mol. The van der Waals surface area contributed by atoms with Gasteiger partial charge < -0.3 is 15.1 Å². The number of nitrogens with zero attached hydrogens (tertiary/aromatic N) is 4. The topological polar surface area (TPSA) is 44.3 Å². The summed E-state index contributed by atoms with van der Waals surface area (Å²) >= 11 is 0. The molecular weight excluding hydrogens is 274 g/mol. The Morgan fingerprint density at radius 2 is 1.68 bits per heavy atom. The molecule has 1 aromatic heterocycles. The van der Waals surface area contributed by atoms with Crippen LogP contribution in [0.4, 0.5) is 11.8 Å². The molecule has 0 amide bonds. The molecule has 1 N–H and O–H groups in total. The van der Waals surface area contributed by atoms with E-state index in [0.717, 1.165) is 37.8 Å². The summed E-state index contributed by atoms with van der Waals surface area (Å²) in [5.41, 5.74) is 0. The minimum absolute atomic E-state index is 0.781. The molecule has 0 aromatic carbocycles. The van der Waals surface area contributed by atoms with Crippen molar-refractivity contribution in [3.8, 4) is 0 Å². The van der Waals surface area contributed by atoms with Gasteiger partial charge in [0.25, 0.3) is 0 Å². The van der Waals surface area contributed by atoms with Gasteiger partial charge in [-0.05, 0) is 57.8 Å². The minimum atomic E-state index is 0.781. The van der Waals surface area contributed by atoms with Gasteiger partial charge in [0.1, 0.15) is 5.82 Å². The Morgan fingerprint density at radius 3 is 2.45 bits per heavy atom. The van der Waals surface area contributed by atoms with Crippen molar-refractivity contribution in [3.63, 3.8) is 0 Å². The van der Waals surface area contributed by atoms with Crippen molar-refractivity contribution < 1.29 is 0 Å². The molecular formula is C17H29N5. The smallest absolute Gasteiger partial charge is 0.224 e. The number of nitrogens with one attached hydrogen (secondary N) is 1. The highest BCUT2D eigenvalue weighted by Gasteiger charge is 2.12. The first kappa shape index (κ1) is 15.5.